The summed E-state index contributed by atoms with van der Waals surface area (Å²) in [6.07, 6.45) is 2.51. The highest BCUT2D eigenvalue weighted by Crippen LogP contribution is 2.20. The van der Waals surface area contributed by atoms with Crippen molar-refractivity contribution >= 4 is 11.0 Å². The van der Waals surface area contributed by atoms with Crippen molar-refractivity contribution in [1.29, 1.82) is 0 Å². The molecule has 2 heterocycles. The first kappa shape index (κ1) is 12.6. The second-order valence-electron chi connectivity index (χ2n) is 5.08. The van der Waals surface area contributed by atoms with Crippen LogP contribution in [0.1, 0.15) is 18.7 Å². The van der Waals surface area contributed by atoms with Crippen molar-refractivity contribution in [2.24, 2.45) is 5.73 Å². The Balaban J connectivity index is 1.98. The molecule has 1 aliphatic rings. The van der Waals surface area contributed by atoms with Gasteiger partial charge in [0.2, 0.25) is 0 Å². The van der Waals surface area contributed by atoms with Crippen molar-refractivity contribution in [1.82, 2.24) is 14.5 Å². The molecule has 0 atom stereocenters. The minimum Gasteiger partial charge on any atom is -0.329 e. The fourth-order valence-electron chi connectivity index (χ4n) is 2.79. The molecule has 3 rings (SSSR count). The Morgan fingerprint density at radius 1 is 1.26 bits per heavy atom. The van der Waals surface area contributed by atoms with E-state index in [0.29, 0.717) is 6.54 Å². The third-order valence-electron chi connectivity index (χ3n) is 3.71. The highest BCUT2D eigenvalue weighted by molar-refractivity contribution is 5.76. The van der Waals surface area contributed by atoms with Crippen molar-refractivity contribution < 1.29 is 4.39 Å². The maximum atomic E-state index is 13.3. The predicted octanol–water partition coefficient (Wildman–Crippen LogP) is 1.73. The molecule has 1 aliphatic heterocycles. The predicted molar refractivity (Wildman–Crippen MR) is 73.3 cm³/mol. The van der Waals surface area contributed by atoms with Gasteiger partial charge in [-0.1, -0.05) is 0 Å². The second-order valence-corrected chi connectivity index (χ2v) is 5.08. The maximum Gasteiger partial charge on any atom is 0.125 e. The van der Waals surface area contributed by atoms with E-state index in [1.165, 1.54) is 25.0 Å². The second kappa shape index (κ2) is 5.27. The van der Waals surface area contributed by atoms with Gasteiger partial charge in [-0.25, -0.2) is 9.37 Å². The van der Waals surface area contributed by atoms with Crippen LogP contribution >= 0.6 is 0 Å². The molecule has 4 nitrogen and oxygen atoms in total. The summed E-state index contributed by atoms with van der Waals surface area (Å²) in [5, 5.41) is 0. The molecule has 1 aromatic heterocycles. The summed E-state index contributed by atoms with van der Waals surface area (Å²) in [7, 11) is 0. The van der Waals surface area contributed by atoms with Gasteiger partial charge in [0.15, 0.2) is 0 Å². The zero-order chi connectivity index (χ0) is 13.2. The summed E-state index contributed by atoms with van der Waals surface area (Å²) < 4.78 is 15.4. The van der Waals surface area contributed by atoms with Gasteiger partial charge in [-0.2, -0.15) is 0 Å². The van der Waals surface area contributed by atoms with Crippen molar-refractivity contribution in [3.05, 3.63) is 29.8 Å². The third kappa shape index (κ3) is 2.48. The first-order chi connectivity index (χ1) is 9.28. The molecular formula is C14H19FN4. The van der Waals surface area contributed by atoms with Gasteiger partial charge in [0.1, 0.15) is 11.6 Å². The first-order valence-corrected chi connectivity index (χ1v) is 6.85. The molecule has 0 aliphatic carbocycles. The molecule has 0 unspecified atom stereocenters. The highest BCUT2D eigenvalue weighted by atomic mass is 19.1. The average molecular weight is 262 g/mol. The van der Waals surface area contributed by atoms with Crippen molar-refractivity contribution in [2.75, 3.05) is 19.6 Å². The molecule has 0 radical (unpaired) electrons. The SMILES string of the molecule is NCCn1c(CN2CCCC2)nc2cc(F)ccc21. The standard InChI is InChI=1S/C14H19FN4/c15-11-3-4-13-12(9-11)17-14(19(13)8-5-16)10-18-6-1-2-7-18/h3-4,9H,1-2,5-8,10,16H2. The molecular weight excluding hydrogens is 243 g/mol. The van der Waals surface area contributed by atoms with Gasteiger partial charge in [0.05, 0.1) is 17.6 Å². The van der Waals surface area contributed by atoms with E-state index in [-0.39, 0.29) is 5.82 Å². The van der Waals surface area contributed by atoms with E-state index >= 15 is 0 Å². The number of likely N-dealkylation sites (tertiary alicyclic amines) is 1. The van der Waals surface area contributed by atoms with E-state index in [1.54, 1.807) is 6.07 Å². The number of hydrogen-bond donors (Lipinski definition) is 1. The summed E-state index contributed by atoms with van der Waals surface area (Å²) in [5.41, 5.74) is 7.38. The van der Waals surface area contributed by atoms with Crippen LogP contribution in [0.4, 0.5) is 4.39 Å². The Hall–Kier alpha value is -1.46. The molecule has 1 aromatic carbocycles. The number of nitrogens with two attached hydrogens (primary N) is 1. The summed E-state index contributed by atoms with van der Waals surface area (Å²) in [6, 6.07) is 4.77. The van der Waals surface area contributed by atoms with Crippen LogP contribution in [0, 0.1) is 5.82 Å². The van der Waals surface area contributed by atoms with Gasteiger partial charge in [0, 0.05) is 19.2 Å². The lowest BCUT2D eigenvalue weighted by Gasteiger charge is -2.15. The van der Waals surface area contributed by atoms with E-state index in [9.17, 15) is 4.39 Å². The van der Waals surface area contributed by atoms with Gasteiger partial charge in [-0.3, -0.25) is 4.90 Å². The Labute approximate surface area is 112 Å². The molecule has 0 spiro atoms. The van der Waals surface area contributed by atoms with Gasteiger partial charge >= 0.3 is 0 Å². The lowest BCUT2D eigenvalue weighted by Crippen LogP contribution is -2.22. The molecule has 0 bridgehead atoms. The molecule has 1 saturated heterocycles. The minimum atomic E-state index is -0.238. The largest absolute Gasteiger partial charge is 0.329 e. The van der Waals surface area contributed by atoms with Crippen LogP contribution in [0.15, 0.2) is 18.2 Å². The molecule has 102 valence electrons. The van der Waals surface area contributed by atoms with E-state index in [1.807, 2.05) is 0 Å². The van der Waals surface area contributed by atoms with E-state index in [4.69, 9.17) is 5.73 Å². The summed E-state index contributed by atoms with van der Waals surface area (Å²) >= 11 is 0. The Bertz CT molecular complexity index is 572. The summed E-state index contributed by atoms with van der Waals surface area (Å²) in [5.74, 6) is 0.755. The fourth-order valence-corrected chi connectivity index (χ4v) is 2.79. The maximum absolute atomic E-state index is 13.3. The molecule has 1 fully saturated rings. The summed E-state index contributed by atoms with van der Waals surface area (Å²) in [4.78, 5) is 6.97. The zero-order valence-electron chi connectivity index (χ0n) is 11.0. The smallest absolute Gasteiger partial charge is 0.125 e. The Morgan fingerprint density at radius 2 is 2.05 bits per heavy atom. The molecule has 5 heteroatoms. The number of halogens is 1. The molecule has 19 heavy (non-hydrogen) atoms. The van der Waals surface area contributed by atoms with Gasteiger partial charge in [-0.05, 0) is 38.1 Å². The lowest BCUT2D eigenvalue weighted by atomic mass is 10.3. The van der Waals surface area contributed by atoms with Crippen LogP contribution in [0.25, 0.3) is 11.0 Å². The molecule has 2 aromatic rings. The normalized spacial score (nSPS) is 16.5. The van der Waals surface area contributed by atoms with Gasteiger partial charge in [-0.15, -0.1) is 0 Å². The fraction of sp³-hybridized carbons (Fsp3) is 0.500. The van der Waals surface area contributed by atoms with Gasteiger partial charge in [0.25, 0.3) is 0 Å². The van der Waals surface area contributed by atoms with Crippen LogP contribution < -0.4 is 5.73 Å². The highest BCUT2D eigenvalue weighted by Gasteiger charge is 2.17. The topological polar surface area (TPSA) is 47.1 Å². The van der Waals surface area contributed by atoms with Crippen molar-refractivity contribution in [3.63, 3.8) is 0 Å². The number of rotatable bonds is 4. The lowest BCUT2D eigenvalue weighted by molar-refractivity contribution is 0.317. The number of hydrogen-bond acceptors (Lipinski definition) is 3. The molecule has 2 N–H and O–H groups in total. The van der Waals surface area contributed by atoms with Crippen LogP contribution in [-0.4, -0.2) is 34.1 Å². The van der Waals surface area contributed by atoms with E-state index in [0.717, 1.165) is 43.0 Å². The number of benzene rings is 1. The Kier molecular flexibility index (Phi) is 3.48. The van der Waals surface area contributed by atoms with Crippen LogP contribution in [0.3, 0.4) is 0 Å². The summed E-state index contributed by atoms with van der Waals surface area (Å²) in [6.45, 7) is 4.37. The monoisotopic (exact) mass is 262 g/mol. The van der Waals surface area contributed by atoms with Gasteiger partial charge < -0.3 is 10.3 Å². The van der Waals surface area contributed by atoms with E-state index in [2.05, 4.69) is 14.5 Å². The number of fused-ring (bicyclic) bond motifs is 1. The molecule has 0 saturated carbocycles. The Morgan fingerprint density at radius 3 is 2.79 bits per heavy atom. The van der Waals surface area contributed by atoms with Crippen LogP contribution in [0.5, 0.6) is 0 Å². The number of imidazole rings is 1. The third-order valence-corrected chi connectivity index (χ3v) is 3.71. The first-order valence-electron chi connectivity index (χ1n) is 6.85. The van der Waals surface area contributed by atoms with Crippen molar-refractivity contribution in [3.8, 4) is 0 Å². The number of aromatic nitrogens is 2. The van der Waals surface area contributed by atoms with E-state index < -0.39 is 0 Å². The van der Waals surface area contributed by atoms with Crippen LogP contribution in [0.2, 0.25) is 0 Å². The minimum absolute atomic E-state index is 0.238. The van der Waals surface area contributed by atoms with Crippen molar-refractivity contribution in [2.45, 2.75) is 25.9 Å². The number of nitrogens with zero attached hydrogens (tertiary/aromatic N) is 3. The molecule has 0 amide bonds. The quantitative estimate of drug-likeness (QED) is 0.913. The zero-order valence-corrected chi connectivity index (χ0v) is 11.0. The average Bonchev–Trinajstić information content (AvgIpc) is 2.99. The van der Waals surface area contributed by atoms with Crippen LogP contribution in [-0.2, 0) is 13.1 Å².